The van der Waals surface area contributed by atoms with E-state index >= 15 is 0 Å². The number of sulfonamides is 1. The largest absolute Gasteiger partial charge is 0.284 e. The molecule has 1 N–H and O–H groups in total. The Bertz CT molecular complexity index is 1130. The molecule has 0 aliphatic carbocycles. The minimum absolute atomic E-state index is 0.0813. The van der Waals surface area contributed by atoms with E-state index in [2.05, 4.69) is 9.71 Å². The van der Waals surface area contributed by atoms with E-state index < -0.39 is 21.8 Å². The molecule has 0 saturated heterocycles. The van der Waals surface area contributed by atoms with Gasteiger partial charge in [0.2, 0.25) is 0 Å². The van der Waals surface area contributed by atoms with Crippen molar-refractivity contribution in [2.24, 2.45) is 0 Å². The first-order valence-electron chi connectivity index (χ1n) is 7.99. The lowest BCUT2D eigenvalue weighted by Gasteiger charge is -2.15. The molecule has 8 heteroatoms. The predicted octanol–water partition coefficient (Wildman–Crippen LogP) is 2.68. The van der Waals surface area contributed by atoms with E-state index in [0.29, 0.717) is 0 Å². The molecule has 0 unspecified atom stereocenters. The number of benzene rings is 2. The maximum absolute atomic E-state index is 12.6. The maximum Gasteiger partial charge on any atom is 0.284 e. The van der Waals surface area contributed by atoms with Crippen molar-refractivity contribution in [2.75, 3.05) is 9.62 Å². The highest BCUT2D eigenvalue weighted by Crippen LogP contribution is 2.29. The molecule has 0 bridgehead atoms. The Morgan fingerprint density at radius 1 is 0.852 bits per heavy atom. The van der Waals surface area contributed by atoms with Gasteiger partial charge in [-0.1, -0.05) is 24.3 Å². The standard InChI is InChI=1S/C19H13N3O4S/c23-18-16-10-5-11-20-17(16)19(24)22(18)14-7-4-6-13(12-14)21-27(25,26)15-8-2-1-3-9-15/h1-12,21H. The van der Waals surface area contributed by atoms with Crippen molar-refractivity contribution in [1.29, 1.82) is 0 Å². The fourth-order valence-electron chi connectivity index (χ4n) is 2.82. The summed E-state index contributed by atoms with van der Waals surface area (Å²) in [6.07, 6.45) is 1.44. The first-order chi connectivity index (χ1) is 13.0. The number of hydrogen-bond acceptors (Lipinski definition) is 5. The van der Waals surface area contributed by atoms with Crippen molar-refractivity contribution >= 4 is 33.2 Å². The molecule has 2 aromatic carbocycles. The monoisotopic (exact) mass is 379 g/mol. The van der Waals surface area contributed by atoms with Gasteiger partial charge in [-0.15, -0.1) is 0 Å². The van der Waals surface area contributed by atoms with Gasteiger partial charge in [0.05, 0.1) is 21.8 Å². The van der Waals surface area contributed by atoms with Crippen molar-refractivity contribution in [3.05, 3.63) is 84.2 Å². The number of carbonyl (C=O) groups excluding carboxylic acids is 2. The van der Waals surface area contributed by atoms with Crippen molar-refractivity contribution in [1.82, 2.24) is 4.98 Å². The van der Waals surface area contributed by atoms with Crippen LogP contribution in [0.4, 0.5) is 11.4 Å². The first-order valence-corrected chi connectivity index (χ1v) is 9.47. The molecule has 3 aromatic rings. The van der Waals surface area contributed by atoms with Crippen LogP contribution in [0.2, 0.25) is 0 Å². The molecule has 2 heterocycles. The van der Waals surface area contributed by atoms with Crippen LogP contribution in [-0.4, -0.2) is 25.2 Å². The normalized spacial score (nSPS) is 13.6. The van der Waals surface area contributed by atoms with Crippen molar-refractivity contribution in [3.63, 3.8) is 0 Å². The van der Waals surface area contributed by atoms with Crippen molar-refractivity contribution in [3.8, 4) is 0 Å². The molecule has 2 amide bonds. The van der Waals surface area contributed by atoms with E-state index in [-0.39, 0.29) is 27.5 Å². The van der Waals surface area contributed by atoms with Crippen LogP contribution in [-0.2, 0) is 10.0 Å². The Kier molecular flexibility index (Phi) is 3.97. The summed E-state index contributed by atoms with van der Waals surface area (Å²) in [4.78, 5) is 30.1. The lowest BCUT2D eigenvalue weighted by Crippen LogP contribution is -2.29. The zero-order valence-corrected chi connectivity index (χ0v) is 14.7. The van der Waals surface area contributed by atoms with Gasteiger partial charge in [-0.2, -0.15) is 0 Å². The number of rotatable bonds is 4. The number of carbonyl (C=O) groups is 2. The summed E-state index contributed by atoms with van der Waals surface area (Å²) < 4.78 is 27.4. The van der Waals surface area contributed by atoms with Crippen LogP contribution in [0.15, 0.2) is 77.8 Å². The fraction of sp³-hybridized carbons (Fsp3) is 0. The SMILES string of the molecule is O=C1c2cccnc2C(=O)N1c1cccc(NS(=O)(=O)c2ccccc2)c1. The molecule has 1 aromatic heterocycles. The van der Waals surface area contributed by atoms with E-state index in [1.807, 2.05) is 0 Å². The summed E-state index contributed by atoms with van der Waals surface area (Å²) >= 11 is 0. The van der Waals surface area contributed by atoms with Gasteiger partial charge in [-0.3, -0.25) is 19.3 Å². The number of amides is 2. The van der Waals surface area contributed by atoms with Gasteiger partial charge >= 0.3 is 0 Å². The summed E-state index contributed by atoms with van der Waals surface area (Å²) in [5, 5.41) is 0. The highest BCUT2D eigenvalue weighted by molar-refractivity contribution is 7.92. The Morgan fingerprint density at radius 3 is 2.37 bits per heavy atom. The van der Waals surface area contributed by atoms with E-state index in [4.69, 9.17) is 0 Å². The predicted molar refractivity (Wildman–Crippen MR) is 99.1 cm³/mol. The molecule has 27 heavy (non-hydrogen) atoms. The number of anilines is 2. The minimum atomic E-state index is -3.79. The Hall–Kier alpha value is -3.52. The maximum atomic E-state index is 12.6. The molecular weight excluding hydrogens is 366 g/mol. The third-order valence-electron chi connectivity index (χ3n) is 4.06. The quantitative estimate of drug-likeness (QED) is 0.703. The molecule has 0 fully saturated rings. The van der Waals surface area contributed by atoms with Crippen molar-refractivity contribution < 1.29 is 18.0 Å². The zero-order valence-electron chi connectivity index (χ0n) is 13.9. The number of fused-ring (bicyclic) bond motifs is 1. The van der Waals surface area contributed by atoms with Crippen LogP contribution >= 0.6 is 0 Å². The third-order valence-corrected chi connectivity index (χ3v) is 5.45. The third kappa shape index (κ3) is 2.96. The highest BCUT2D eigenvalue weighted by Gasteiger charge is 2.37. The van der Waals surface area contributed by atoms with Crippen LogP contribution < -0.4 is 9.62 Å². The number of aromatic nitrogens is 1. The Morgan fingerprint density at radius 2 is 1.63 bits per heavy atom. The van der Waals surface area contributed by atoms with Gasteiger partial charge in [0, 0.05) is 6.20 Å². The average Bonchev–Trinajstić information content (AvgIpc) is 2.93. The van der Waals surface area contributed by atoms with Gasteiger partial charge in [-0.05, 0) is 42.5 Å². The molecule has 7 nitrogen and oxygen atoms in total. The van der Waals surface area contributed by atoms with Crippen LogP contribution in [0.1, 0.15) is 20.8 Å². The second-order valence-corrected chi connectivity index (χ2v) is 7.50. The number of nitrogens with one attached hydrogen (secondary N) is 1. The van der Waals surface area contributed by atoms with E-state index in [1.165, 1.54) is 30.5 Å². The summed E-state index contributed by atoms with van der Waals surface area (Å²) in [5.74, 6) is -1.04. The number of nitrogens with zero attached hydrogens (tertiary/aromatic N) is 2. The van der Waals surface area contributed by atoms with E-state index in [9.17, 15) is 18.0 Å². The van der Waals surface area contributed by atoms with Gasteiger partial charge < -0.3 is 0 Å². The van der Waals surface area contributed by atoms with Crippen LogP contribution in [0.5, 0.6) is 0 Å². The topological polar surface area (TPSA) is 96.4 Å². The summed E-state index contributed by atoms with van der Waals surface area (Å²) in [6, 6.07) is 17.1. The molecule has 0 spiro atoms. The second kappa shape index (κ2) is 6.33. The average molecular weight is 379 g/mol. The Labute approximate surface area is 155 Å². The molecular formula is C19H13N3O4S. The lowest BCUT2D eigenvalue weighted by atomic mass is 10.2. The number of imide groups is 1. The second-order valence-electron chi connectivity index (χ2n) is 5.81. The molecule has 4 rings (SSSR count). The van der Waals surface area contributed by atoms with E-state index in [1.54, 1.807) is 42.5 Å². The molecule has 0 radical (unpaired) electrons. The van der Waals surface area contributed by atoms with E-state index in [0.717, 1.165) is 4.90 Å². The smallest absolute Gasteiger partial charge is 0.280 e. The molecule has 1 aliphatic heterocycles. The van der Waals surface area contributed by atoms with Crippen molar-refractivity contribution in [2.45, 2.75) is 4.90 Å². The summed E-state index contributed by atoms with van der Waals surface area (Å²) in [6.45, 7) is 0. The Balaban J connectivity index is 1.67. The zero-order chi connectivity index (χ0) is 19.0. The molecule has 0 atom stereocenters. The summed E-state index contributed by atoms with van der Waals surface area (Å²) in [5.41, 5.74) is 0.799. The summed E-state index contributed by atoms with van der Waals surface area (Å²) in [7, 11) is -3.79. The van der Waals surface area contributed by atoms with Gasteiger partial charge in [0.25, 0.3) is 21.8 Å². The first kappa shape index (κ1) is 16.9. The van der Waals surface area contributed by atoms with Crippen LogP contribution in [0, 0.1) is 0 Å². The minimum Gasteiger partial charge on any atom is -0.280 e. The van der Waals surface area contributed by atoms with Crippen LogP contribution in [0.25, 0.3) is 0 Å². The fourth-order valence-corrected chi connectivity index (χ4v) is 3.89. The molecule has 134 valence electrons. The lowest BCUT2D eigenvalue weighted by molar-refractivity contribution is 0.0924. The molecule has 0 saturated carbocycles. The van der Waals surface area contributed by atoms with Gasteiger partial charge in [-0.25, -0.2) is 13.3 Å². The number of hydrogen-bond donors (Lipinski definition) is 1. The number of pyridine rings is 1. The van der Waals surface area contributed by atoms with Gasteiger partial charge in [0.15, 0.2) is 0 Å². The highest BCUT2D eigenvalue weighted by atomic mass is 32.2. The molecule has 1 aliphatic rings. The van der Waals surface area contributed by atoms with Gasteiger partial charge in [0.1, 0.15) is 5.69 Å². The van der Waals surface area contributed by atoms with Crippen LogP contribution in [0.3, 0.4) is 0 Å².